The Kier molecular flexibility index (Phi) is 2.45. The zero-order valence-electron chi connectivity index (χ0n) is 8.09. The summed E-state index contributed by atoms with van der Waals surface area (Å²) in [5.74, 6) is 0.0966. The van der Waals surface area contributed by atoms with Crippen molar-refractivity contribution in [3.05, 3.63) is 36.9 Å². The van der Waals surface area contributed by atoms with Crippen molar-refractivity contribution < 1.29 is 0 Å². The standard InChI is InChI=1S/C10H11N5/c11-10(12)7-15-6-9(5-14-15)8-1-3-13-4-2-8/h1-6H,7H2,(H3,11,12). The molecule has 0 bridgehead atoms. The highest BCUT2D eigenvalue weighted by Gasteiger charge is 2.01. The van der Waals surface area contributed by atoms with E-state index in [1.165, 1.54) is 0 Å². The molecule has 0 aliphatic rings. The second kappa shape index (κ2) is 3.91. The van der Waals surface area contributed by atoms with Crippen molar-refractivity contribution in [2.24, 2.45) is 5.73 Å². The van der Waals surface area contributed by atoms with Gasteiger partial charge in [0, 0.05) is 24.2 Å². The van der Waals surface area contributed by atoms with E-state index in [1.807, 2.05) is 18.3 Å². The normalized spacial score (nSPS) is 10.1. The summed E-state index contributed by atoms with van der Waals surface area (Å²) >= 11 is 0. The molecule has 0 radical (unpaired) electrons. The lowest BCUT2D eigenvalue weighted by Gasteiger charge is -1.97. The van der Waals surface area contributed by atoms with Crippen molar-refractivity contribution in [3.63, 3.8) is 0 Å². The van der Waals surface area contributed by atoms with Gasteiger partial charge in [0.1, 0.15) is 5.84 Å². The van der Waals surface area contributed by atoms with Gasteiger partial charge in [0.05, 0.1) is 12.7 Å². The van der Waals surface area contributed by atoms with E-state index in [0.717, 1.165) is 11.1 Å². The highest BCUT2D eigenvalue weighted by molar-refractivity contribution is 5.76. The van der Waals surface area contributed by atoms with Crippen LogP contribution in [0.15, 0.2) is 36.9 Å². The smallest absolute Gasteiger partial charge is 0.113 e. The molecule has 15 heavy (non-hydrogen) atoms. The minimum Gasteiger partial charge on any atom is -0.386 e. The molecule has 76 valence electrons. The fourth-order valence-corrected chi connectivity index (χ4v) is 1.32. The SMILES string of the molecule is N=C(N)Cn1cc(-c2ccncc2)cn1. The predicted octanol–water partition coefficient (Wildman–Crippen LogP) is 0.881. The van der Waals surface area contributed by atoms with E-state index in [2.05, 4.69) is 10.1 Å². The maximum absolute atomic E-state index is 7.15. The first-order chi connectivity index (χ1) is 7.25. The lowest BCUT2D eigenvalue weighted by atomic mass is 10.1. The Labute approximate surface area is 87.1 Å². The van der Waals surface area contributed by atoms with Crippen molar-refractivity contribution in [2.75, 3.05) is 0 Å². The summed E-state index contributed by atoms with van der Waals surface area (Å²) in [6.45, 7) is 0.324. The third-order valence-electron chi connectivity index (χ3n) is 1.98. The van der Waals surface area contributed by atoms with Gasteiger partial charge in [-0.05, 0) is 17.7 Å². The van der Waals surface area contributed by atoms with Gasteiger partial charge >= 0.3 is 0 Å². The van der Waals surface area contributed by atoms with Gasteiger partial charge in [-0.1, -0.05) is 0 Å². The summed E-state index contributed by atoms with van der Waals surface area (Å²) in [5.41, 5.74) is 7.34. The fraction of sp³-hybridized carbons (Fsp3) is 0.100. The largest absolute Gasteiger partial charge is 0.386 e. The van der Waals surface area contributed by atoms with Crippen LogP contribution in [-0.2, 0) is 6.54 Å². The summed E-state index contributed by atoms with van der Waals surface area (Å²) in [4.78, 5) is 3.94. The minimum atomic E-state index is 0.0966. The number of aromatic nitrogens is 3. The number of hydrogen-bond donors (Lipinski definition) is 2. The van der Waals surface area contributed by atoms with Gasteiger partial charge in [-0.15, -0.1) is 0 Å². The van der Waals surface area contributed by atoms with Crippen LogP contribution in [-0.4, -0.2) is 20.6 Å². The number of hydrogen-bond acceptors (Lipinski definition) is 3. The van der Waals surface area contributed by atoms with Crippen molar-refractivity contribution >= 4 is 5.84 Å². The van der Waals surface area contributed by atoms with Crippen molar-refractivity contribution in [2.45, 2.75) is 6.54 Å². The molecule has 0 amide bonds. The van der Waals surface area contributed by atoms with E-state index < -0.39 is 0 Å². The molecule has 0 aliphatic carbocycles. The Morgan fingerprint density at radius 3 is 2.73 bits per heavy atom. The maximum Gasteiger partial charge on any atom is 0.113 e. The van der Waals surface area contributed by atoms with E-state index in [4.69, 9.17) is 11.1 Å². The molecule has 0 spiro atoms. The van der Waals surface area contributed by atoms with E-state index in [9.17, 15) is 0 Å². The summed E-state index contributed by atoms with van der Waals surface area (Å²) in [5, 5.41) is 11.3. The molecule has 2 rings (SSSR count). The van der Waals surface area contributed by atoms with E-state index in [0.29, 0.717) is 6.54 Å². The second-order valence-electron chi connectivity index (χ2n) is 3.19. The second-order valence-corrected chi connectivity index (χ2v) is 3.19. The molecule has 0 saturated heterocycles. The first kappa shape index (κ1) is 9.39. The van der Waals surface area contributed by atoms with Crippen LogP contribution in [0.4, 0.5) is 0 Å². The monoisotopic (exact) mass is 201 g/mol. The molecule has 0 saturated carbocycles. The van der Waals surface area contributed by atoms with Crippen LogP contribution >= 0.6 is 0 Å². The van der Waals surface area contributed by atoms with Gasteiger partial charge in [-0.2, -0.15) is 5.10 Å². The zero-order chi connectivity index (χ0) is 10.7. The summed E-state index contributed by atoms with van der Waals surface area (Å²) < 4.78 is 1.64. The van der Waals surface area contributed by atoms with Gasteiger partial charge in [0.2, 0.25) is 0 Å². The van der Waals surface area contributed by atoms with Crippen LogP contribution in [0.25, 0.3) is 11.1 Å². The molecule has 5 heteroatoms. The third kappa shape index (κ3) is 2.19. The summed E-state index contributed by atoms with van der Waals surface area (Å²) in [6.07, 6.45) is 7.07. The summed E-state index contributed by atoms with van der Waals surface area (Å²) in [7, 11) is 0. The molecule has 0 unspecified atom stereocenters. The fourth-order valence-electron chi connectivity index (χ4n) is 1.32. The van der Waals surface area contributed by atoms with Crippen molar-refractivity contribution in [1.29, 1.82) is 5.41 Å². The average Bonchev–Trinajstić information content (AvgIpc) is 2.67. The van der Waals surface area contributed by atoms with Gasteiger partial charge in [0.25, 0.3) is 0 Å². The van der Waals surface area contributed by atoms with E-state index in [-0.39, 0.29) is 5.84 Å². The number of rotatable bonds is 3. The topological polar surface area (TPSA) is 80.6 Å². The Morgan fingerprint density at radius 2 is 2.07 bits per heavy atom. The molecule has 0 atom stereocenters. The molecule has 0 aromatic carbocycles. The maximum atomic E-state index is 7.15. The van der Waals surface area contributed by atoms with Gasteiger partial charge < -0.3 is 5.73 Å². The summed E-state index contributed by atoms with van der Waals surface area (Å²) in [6, 6.07) is 3.82. The Hall–Kier alpha value is -2.17. The van der Waals surface area contributed by atoms with Crippen LogP contribution in [0.2, 0.25) is 0 Å². The van der Waals surface area contributed by atoms with Gasteiger partial charge in [-0.3, -0.25) is 15.1 Å². The predicted molar refractivity (Wildman–Crippen MR) is 57.4 cm³/mol. The number of amidine groups is 1. The zero-order valence-corrected chi connectivity index (χ0v) is 8.09. The molecule has 5 nitrogen and oxygen atoms in total. The lowest BCUT2D eigenvalue weighted by molar-refractivity contribution is 0.718. The van der Waals surface area contributed by atoms with Gasteiger partial charge in [-0.25, -0.2) is 0 Å². The molecule has 0 aliphatic heterocycles. The lowest BCUT2D eigenvalue weighted by Crippen LogP contribution is -2.17. The number of pyridine rings is 1. The van der Waals surface area contributed by atoms with Crippen molar-refractivity contribution in [1.82, 2.24) is 14.8 Å². The van der Waals surface area contributed by atoms with Gasteiger partial charge in [0.15, 0.2) is 0 Å². The molecular weight excluding hydrogens is 190 g/mol. The first-order valence-corrected chi connectivity index (χ1v) is 4.51. The van der Waals surface area contributed by atoms with Crippen LogP contribution in [0, 0.1) is 5.41 Å². The van der Waals surface area contributed by atoms with Crippen LogP contribution in [0.1, 0.15) is 0 Å². The Morgan fingerprint density at radius 1 is 1.33 bits per heavy atom. The molecule has 3 N–H and O–H groups in total. The van der Waals surface area contributed by atoms with Crippen LogP contribution in [0.5, 0.6) is 0 Å². The quantitative estimate of drug-likeness (QED) is 0.571. The highest BCUT2D eigenvalue weighted by Crippen LogP contribution is 2.16. The number of nitrogens with one attached hydrogen (secondary N) is 1. The van der Waals surface area contributed by atoms with Crippen LogP contribution < -0.4 is 5.73 Å². The highest BCUT2D eigenvalue weighted by atomic mass is 15.3. The average molecular weight is 201 g/mol. The molecule has 2 aromatic rings. The van der Waals surface area contributed by atoms with E-state index in [1.54, 1.807) is 23.3 Å². The number of nitrogens with two attached hydrogens (primary N) is 1. The first-order valence-electron chi connectivity index (χ1n) is 4.51. The third-order valence-corrected chi connectivity index (χ3v) is 1.98. The van der Waals surface area contributed by atoms with Crippen molar-refractivity contribution in [3.8, 4) is 11.1 Å². The minimum absolute atomic E-state index is 0.0966. The molecule has 2 aromatic heterocycles. The molecular formula is C10H11N5. The van der Waals surface area contributed by atoms with E-state index >= 15 is 0 Å². The van der Waals surface area contributed by atoms with Crippen LogP contribution in [0.3, 0.4) is 0 Å². The Balaban J connectivity index is 2.24. The molecule has 0 fully saturated rings. The molecule has 2 heterocycles. The number of nitrogens with zero attached hydrogens (tertiary/aromatic N) is 3. The Bertz CT molecular complexity index is 460.